The van der Waals surface area contributed by atoms with Gasteiger partial charge in [0.1, 0.15) is 48.8 Å². The van der Waals surface area contributed by atoms with E-state index < -0.39 is 92.2 Å². The fraction of sp³-hybridized carbons (Fsp3) is 1.00. The van der Waals surface area contributed by atoms with Crippen molar-refractivity contribution < 1.29 is 69.6 Å². The smallest absolute Gasteiger partial charge is 0.186 e. The molecule has 0 bridgehead atoms. The van der Waals surface area contributed by atoms with E-state index in [1.165, 1.54) is 0 Å². The Bertz CT molecular complexity index is 1450. The lowest BCUT2D eigenvalue weighted by molar-refractivity contribution is -0.340. The highest BCUT2D eigenvalue weighted by Gasteiger charge is 2.83. The molecule has 0 aromatic rings. The van der Waals surface area contributed by atoms with Crippen molar-refractivity contribution in [3.05, 3.63) is 0 Å². The van der Waals surface area contributed by atoms with E-state index in [1.54, 1.807) is 0 Å². The maximum absolute atomic E-state index is 12.0. The van der Waals surface area contributed by atoms with Crippen molar-refractivity contribution in [1.82, 2.24) is 0 Å². The molecule has 3 heterocycles. The molecule has 9 N–H and O–H groups in total. The van der Waals surface area contributed by atoms with Gasteiger partial charge in [-0.05, 0) is 123 Å². The van der Waals surface area contributed by atoms with Crippen LogP contribution in [0.1, 0.15) is 106 Å². The zero-order valence-electron chi connectivity index (χ0n) is 34.1. The molecule has 0 amide bonds. The van der Waals surface area contributed by atoms with E-state index in [-0.39, 0.29) is 57.7 Å². The van der Waals surface area contributed by atoms with Gasteiger partial charge < -0.3 is 69.6 Å². The monoisotopic (exact) mass is 798 g/mol. The number of ether oxygens (including phenoxy) is 5. The lowest BCUT2D eigenvalue weighted by Crippen LogP contribution is -2.63. The number of hydrogen-bond donors (Lipinski definition) is 9. The van der Waals surface area contributed by atoms with Crippen molar-refractivity contribution in [2.75, 3.05) is 19.8 Å². The van der Waals surface area contributed by atoms with Gasteiger partial charge >= 0.3 is 0 Å². The standard InChI is InChI=1S/C42H70O14/c1-20(22-9-11-37(2,3)56-22)28-21(45)15-40(6)26-8-7-25-38(4,19-52-35-33(50)31(48)29(46)23(16-43)53-35)27(55-36-34(51)32(49)30(47)24(17-44)54-36)10-12-41(25)18-42(26,41)14-13-39(28,40)5/h20-36,43-51H,7-19H2,1-6H3/t20-,21+,22?,23-,24-,25?,26+,27+,28+,29-,30+,31+,32+,33-,34-,35-,36+,38+,39-,40+,41-,42+/m1/s1. The molecule has 8 fully saturated rings. The molecule has 14 nitrogen and oxygen atoms in total. The summed E-state index contributed by atoms with van der Waals surface area (Å²) in [4.78, 5) is 0. The molecule has 14 heteroatoms. The molecule has 3 aliphatic heterocycles. The number of fused-ring (bicyclic) bond motifs is 2. The normalized spacial score (nSPS) is 58.1. The first-order valence-corrected chi connectivity index (χ1v) is 21.5. The van der Waals surface area contributed by atoms with Crippen LogP contribution in [0.15, 0.2) is 0 Å². The molecule has 5 saturated carbocycles. The zero-order valence-corrected chi connectivity index (χ0v) is 34.1. The highest BCUT2D eigenvalue weighted by molar-refractivity contribution is 5.31. The van der Waals surface area contributed by atoms with Crippen LogP contribution >= 0.6 is 0 Å². The molecular formula is C42H70O14. The second kappa shape index (κ2) is 14.3. The van der Waals surface area contributed by atoms with Crippen molar-refractivity contribution >= 4 is 0 Å². The van der Waals surface area contributed by atoms with Crippen LogP contribution < -0.4 is 0 Å². The van der Waals surface area contributed by atoms with E-state index in [9.17, 15) is 46.0 Å². The predicted octanol–water partition coefficient (Wildman–Crippen LogP) is 0.972. The lowest BCUT2D eigenvalue weighted by Gasteiger charge is -2.64. The van der Waals surface area contributed by atoms with Crippen LogP contribution in [-0.4, -0.2) is 151 Å². The van der Waals surface area contributed by atoms with E-state index in [2.05, 4.69) is 41.5 Å². The minimum atomic E-state index is -1.60. The van der Waals surface area contributed by atoms with Crippen molar-refractivity contribution in [3.8, 4) is 0 Å². The van der Waals surface area contributed by atoms with Gasteiger partial charge in [-0.1, -0.05) is 27.7 Å². The Kier molecular flexibility index (Phi) is 10.7. The number of rotatable bonds is 9. The molecule has 8 rings (SSSR count). The van der Waals surface area contributed by atoms with Gasteiger partial charge in [0, 0.05) is 5.41 Å². The summed E-state index contributed by atoms with van der Waals surface area (Å²) in [5.74, 6) is 0.824. The first kappa shape index (κ1) is 42.1. The molecule has 2 spiro atoms. The summed E-state index contributed by atoms with van der Waals surface area (Å²) in [6, 6.07) is 0. The summed E-state index contributed by atoms with van der Waals surface area (Å²) < 4.78 is 31.2. The maximum Gasteiger partial charge on any atom is 0.186 e. The molecule has 2 unspecified atom stereocenters. The van der Waals surface area contributed by atoms with Gasteiger partial charge in [0.05, 0.1) is 43.7 Å². The largest absolute Gasteiger partial charge is 0.394 e. The summed E-state index contributed by atoms with van der Waals surface area (Å²) in [5.41, 5.74) is -1.08. The van der Waals surface area contributed by atoms with Crippen LogP contribution in [0.3, 0.4) is 0 Å². The van der Waals surface area contributed by atoms with Crippen LogP contribution in [0.4, 0.5) is 0 Å². The minimum Gasteiger partial charge on any atom is -0.394 e. The second-order valence-corrected chi connectivity index (χ2v) is 21.0. The quantitative estimate of drug-likeness (QED) is 0.148. The van der Waals surface area contributed by atoms with Crippen LogP contribution in [0.25, 0.3) is 0 Å². The van der Waals surface area contributed by atoms with Gasteiger partial charge in [-0.15, -0.1) is 0 Å². The van der Waals surface area contributed by atoms with E-state index in [4.69, 9.17) is 23.7 Å². The SMILES string of the molecule is C[C@H](C1CCC(C)(C)O1)[C@H]1[C@@H](O)C[C@@]2(C)[C@@H]3CCC4[C@@]5(CC[C@H](O[C@@H]6O[C@H](CO)[C@H](O)[C@H](O)[C@H]6O)[C@@]4(C)CO[C@@H]4O[C@H](CO)[C@@H](O)[C@H](O)[C@H]4O)C[C@@]35CC[C@]12C. The first-order chi connectivity index (χ1) is 26.2. The predicted molar refractivity (Wildman–Crippen MR) is 198 cm³/mol. The molecule has 3 saturated heterocycles. The molecule has 8 aliphatic rings. The molecular weight excluding hydrogens is 728 g/mol. The van der Waals surface area contributed by atoms with E-state index in [0.717, 1.165) is 57.8 Å². The maximum atomic E-state index is 12.0. The summed E-state index contributed by atoms with van der Waals surface area (Å²) >= 11 is 0. The van der Waals surface area contributed by atoms with E-state index in [0.29, 0.717) is 12.3 Å². The van der Waals surface area contributed by atoms with E-state index in [1.807, 2.05) is 0 Å². The van der Waals surface area contributed by atoms with Crippen molar-refractivity contribution in [2.45, 2.75) is 191 Å². The second-order valence-electron chi connectivity index (χ2n) is 21.0. The molecule has 56 heavy (non-hydrogen) atoms. The Morgan fingerprint density at radius 3 is 1.84 bits per heavy atom. The Balaban J connectivity index is 1.08. The van der Waals surface area contributed by atoms with Gasteiger partial charge in [-0.3, -0.25) is 0 Å². The third-order valence-corrected chi connectivity index (χ3v) is 18.1. The van der Waals surface area contributed by atoms with Gasteiger partial charge in [0.25, 0.3) is 0 Å². The Hall–Kier alpha value is -0.560. The highest BCUT2D eigenvalue weighted by atomic mass is 16.7. The molecule has 0 aromatic heterocycles. The van der Waals surface area contributed by atoms with Gasteiger partial charge in [-0.2, -0.15) is 0 Å². The third-order valence-electron chi connectivity index (χ3n) is 18.1. The molecule has 0 aromatic carbocycles. The van der Waals surface area contributed by atoms with E-state index >= 15 is 0 Å². The van der Waals surface area contributed by atoms with Crippen molar-refractivity contribution in [1.29, 1.82) is 0 Å². The van der Waals surface area contributed by atoms with Gasteiger partial charge in [0.15, 0.2) is 12.6 Å². The number of aliphatic hydroxyl groups excluding tert-OH is 9. The first-order valence-electron chi connectivity index (χ1n) is 21.5. The Labute approximate surface area is 330 Å². The summed E-state index contributed by atoms with van der Waals surface area (Å²) in [7, 11) is 0. The third kappa shape index (κ3) is 5.93. The summed E-state index contributed by atoms with van der Waals surface area (Å²) in [6.07, 6.45) is -6.12. The Morgan fingerprint density at radius 2 is 1.23 bits per heavy atom. The molecule has 0 radical (unpaired) electrons. The van der Waals surface area contributed by atoms with Crippen molar-refractivity contribution in [2.24, 2.45) is 50.7 Å². The van der Waals surface area contributed by atoms with Crippen LogP contribution in [-0.2, 0) is 23.7 Å². The van der Waals surface area contributed by atoms with Gasteiger partial charge in [-0.25, -0.2) is 0 Å². The average molecular weight is 799 g/mol. The highest BCUT2D eigenvalue weighted by Crippen LogP contribution is 2.89. The van der Waals surface area contributed by atoms with Crippen LogP contribution in [0.2, 0.25) is 0 Å². The average Bonchev–Trinajstić information content (AvgIpc) is 3.59. The fourth-order valence-corrected chi connectivity index (χ4v) is 15.1. The Morgan fingerprint density at radius 1 is 0.643 bits per heavy atom. The summed E-state index contributed by atoms with van der Waals surface area (Å²) in [5, 5.41) is 95.9. The molecule has 5 aliphatic carbocycles. The summed E-state index contributed by atoms with van der Waals surface area (Å²) in [6.45, 7) is 12.5. The molecule has 22 atom stereocenters. The molecule has 322 valence electrons. The topological polar surface area (TPSA) is 228 Å². The lowest BCUT2D eigenvalue weighted by atomic mass is 9.41. The van der Waals surface area contributed by atoms with Gasteiger partial charge in [0.2, 0.25) is 0 Å². The van der Waals surface area contributed by atoms with Crippen LogP contribution in [0.5, 0.6) is 0 Å². The zero-order chi connectivity index (χ0) is 40.5. The van der Waals surface area contributed by atoms with Crippen molar-refractivity contribution in [3.63, 3.8) is 0 Å². The minimum absolute atomic E-state index is 0.00989. The fourth-order valence-electron chi connectivity index (χ4n) is 15.1. The number of aliphatic hydroxyl groups is 9. The number of hydrogen-bond acceptors (Lipinski definition) is 14. The van der Waals surface area contributed by atoms with Crippen LogP contribution in [0, 0.1) is 50.7 Å².